The zero-order valence-corrected chi connectivity index (χ0v) is 13.6. The lowest BCUT2D eigenvalue weighted by atomic mass is 10.0. The summed E-state index contributed by atoms with van der Waals surface area (Å²) in [6, 6.07) is 10.5. The molecule has 1 heterocycles. The van der Waals surface area contributed by atoms with Crippen LogP contribution >= 0.6 is 0 Å². The molecule has 1 atom stereocenters. The second kappa shape index (κ2) is 6.29. The van der Waals surface area contributed by atoms with Crippen LogP contribution in [0.5, 0.6) is 5.75 Å². The Hall–Kier alpha value is -1.92. The van der Waals surface area contributed by atoms with Crippen LogP contribution in [0, 0.1) is 5.82 Å². The molecule has 1 unspecified atom stereocenters. The zero-order chi connectivity index (χ0) is 16.4. The lowest BCUT2D eigenvalue weighted by Crippen LogP contribution is -2.34. The Morgan fingerprint density at radius 2 is 1.96 bits per heavy atom. The molecule has 2 aromatic carbocycles. The van der Waals surface area contributed by atoms with Gasteiger partial charge in [-0.3, -0.25) is 0 Å². The average molecular weight is 335 g/mol. The molecule has 122 valence electrons. The highest BCUT2D eigenvalue weighted by molar-refractivity contribution is 7.89. The predicted octanol–water partition coefficient (Wildman–Crippen LogP) is 2.67. The Labute approximate surface area is 135 Å². The van der Waals surface area contributed by atoms with Gasteiger partial charge in [0.25, 0.3) is 0 Å². The van der Waals surface area contributed by atoms with E-state index in [1.807, 2.05) is 19.1 Å². The van der Waals surface area contributed by atoms with Crippen LogP contribution in [0.25, 0.3) is 0 Å². The van der Waals surface area contributed by atoms with Crippen molar-refractivity contribution in [2.24, 2.45) is 0 Å². The van der Waals surface area contributed by atoms with Crippen molar-refractivity contribution in [3.63, 3.8) is 0 Å². The molecule has 1 aliphatic rings. The predicted molar refractivity (Wildman–Crippen MR) is 85.5 cm³/mol. The third-order valence-corrected chi connectivity index (χ3v) is 5.38. The molecule has 0 saturated heterocycles. The first-order valence-corrected chi connectivity index (χ1v) is 8.95. The lowest BCUT2D eigenvalue weighted by Gasteiger charge is -2.15. The highest BCUT2D eigenvalue weighted by atomic mass is 32.2. The van der Waals surface area contributed by atoms with Gasteiger partial charge in [-0.1, -0.05) is 12.1 Å². The summed E-state index contributed by atoms with van der Waals surface area (Å²) in [5.74, 6) is 0.450. The van der Waals surface area contributed by atoms with E-state index < -0.39 is 15.8 Å². The molecule has 0 aromatic heterocycles. The van der Waals surface area contributed by atoms with Crippen LogP contribution in [0.1, 0.15) is 18.1 Å². The summed E-state index contributed by atoms with van der Waals surface area (Å²) < 4.78 is 45.6. The van der Waals surface area contributed by atoms with Crippen LogP contribution in [0.4, 0.5) is 4.39 Å². The van der Waals surface area contributed by atoms with Gasteiger partial charge in [0.15, 0.2) is 0 Å². The molecule has 0 spiro atoms. The van der Waals surface area contributed by atoms with Crippen molar-refractivity contribution in [2.75, 3.05) is 6.61 Å². The molecule has 2 aromatic rings. The second-order valence-electron chi connectivity index (χ2n) is 5.72. The molecule has 6 heteroatoms. The van der Waals surface area contributed by atoms with E-state index >= 15 is 0 Å². The third-order valence-electron chi connectivity index (χ3n) is 3.78. The maximum absolute atomic E-state index is 12.9. The fourth-order valence-electron chi connectivity index (χ4n) is 2.71. The fourth-order valence-corrected chi connectivity index (χ4v) is 3.95. The van der Waals surface area contributed by atoms with Crippen LogP contribution in [-0.4, -0.2) is 21.1 Å². The normalized spacial score (nSPS) is 15.0. The van der Waals surface area contributed by atoms with Crippen molar-refractivity contribution >= 4 is 10.0 Å². The summed E-state index contributed by atoms with van der Waals surface area (Å²) in [5, 5.41) is 0. The number of hydrogen-bond donors (Lipinski definition) is 1. The van der Waals surface area contributed by atoms with Gasteiger partial charge in [-0.2, -0.15) is 0 Å². The van der Waals surface area contributed by atoms with E-state index in [0.29, 0.717) is 13.0 Å². The number of benzene rings is 2. The molecule has 3 rings (SSSR count). The summed E-state index contributed by atoms with van der Waals surface area (Å²) in [4.78, 5) is 0.0631. The highest BCUT2D eigenvalue weighted by Gasteiger charge is 2.18. The van der Waals surface area contributed by atoms with Crippen molar-refractivity contribution in [1.29, 1.82) is 0 Å². The van der Waals surface area contributed by atoms with E-state index in [1.165, 1.54) is 12.1 Å². The standard InChI is InChI=1S/C17H18FNO3S/c1-12(10-13-2-7-17-14(11-13)8-9-22-17)19-23(20,21)16-5-3-15(18)4-6-16/h2-7,11-12,19H,8-10H2,1H3. The Bertz CT molecular complexity index is 803. The molecule has 0 amide bonds. The number of halogens is 1. The number of fused-ring (bicyclic) bond motifs is 1. The molecular formula is C17H18FNO3S. The minimum Gasteiger partial charge on any atom is -0.493 e. The Morgan fingerprint density at radius 3 is 2.70 bits per heavy atom. The molecule has 0 saturated carbocycles. The minimum atomic E-state index is -3.65. The molecule has 1 N–H and O–H groups in total. The van der Waals surface area contributed by atoms with Gasteiger partial charge in [0.05, 0.1) is 11.5 Å². The Morgan fingerprint density at radius 1 is 1.22 bits per heavy atom. The molecular weight excluding hydrogens is 317 g/mol. The number of hydrogen-bond acceptors (Lipinski definition) is 3. The summed E-state index contributed by atoms with van der Waals surface area (Å²) in [6.45, 7) is 2.51. The van der Waals surface area contributed by atoms with Crippen molar-refractivity contribution in [3.05, 3.63) is 59.4 Å². The quantitative estimate of drug-likeness (QED) is 0.914. The second-order valence-corrected chi connectivity index (χ2v) is 7.43. The first-order valence-electron chi connectivity index (χ1n) is 7.46. The maximum atomic E-state index is 12.9. The van der Waals surface area contributed by atoms with Gasteiger partial charge in [0, 0.05) is 12.5 Å². The van der Waals surface area contributed by atoms with Crippen LogP contribution < -0.4 is 9.46 Å². The Balaban J connectivity index is 1.69. The molecule has 1 aliphatic heterocycles. The molecule has 0 fully saturated rings. The van der Waals surface area contributed by atoms with Gasteiger partial charge in [-0.25, -0.2) is 17.5 Å². The first-order chi connectivity index (χ1) is 10.9. The average Bonchev–Trinajstić information content (AvgIpc) is 2.94. The number of ether oxygens (including phenoxy) is 1. The van der Waals surface area contributed by atoms with Crippen molar-refractivity contribution in [1.82, 2.24) is 4.72 Å². The van der Waals surface area contributed by atoms with Crippen LogP contribution in [-0.2, 0) is 22.9 Å². The summed E-state index contributed by atoms with van der Waals surface area (Å²) in [6.07, 6.45) is 1.46. The fraction of sp³-hybridized carbons (Fsp3) is 0.294. The van der Waals surface area contributed by atoms with E-state index in [0.717, 1.165) is 35.4 Å². The summed E-state index contributed by atoms with van der Waals surface area (Å²) in [5.41, 5.74) is 2.22. The van der Waals surface area contributed by atoms with Gasteiger partial charge >= 0.3 is 0 Å². The van der Waals surface area contributed by atoms with E-state index in [1.54, 1.807) is 0 Å². The largest absolute Gasteiger partial charge is 0.493 e. The van der Waals surface area contributed by atoms with E-state index in [-0.39, 0.29) is 10.9 Å². The van der Waals surface area contributed by atoms with Gasteiger partial charge < -0.3 is 4.74 Å². The molecule has 0 aliphatic carbocycles. The van der Waals surface area contributed by atoms with Crippen molar-refractivity contribution < 1.29 is 17.5 Å². The van der Waals surface area contributed by atoms with Gasteiger partial charge in [0.2, 0.25) is 10.0 Å². The first kappa shape index (κ1) is 16.0. The molecule has 0 radical (unpaired) electrons. The van der Waals surface area contributed by atoms with E-state index in [2.05, 4.69) is 10.8 Å². The summed E-state index contributed by atoms with van der Waals surface area (Å²) >= 11 is 0. The number of nitrogens with one attached hydrogen (secondary N) is 1. The van der Waals surface area contributed by atoms with E-state index in [9.17, 15) is 12.8 Å². The monoisotopic (exact) mass is 335 g/mol. The molecule has 0 bridgehead atoms. The van der Waals surface area contributed by atoms with Gasteiger partial charge in [-0.05, 0) is 54.8 Å². The SMILES string of the molecule is CC(Cc1ccc2c(c1)CCO2)NS(=O)(=O)c1ccc(F)cc1. The van der Waals surface area contributed by atoms with Crippen molar-refractivity contribution in [2.45, 2.75) is 30.7 Å². The van der Waals surface area contributed by atoms with E-state index in [4.69, 9.17) is 4.74 Å². The topological polar surface area (TPSA) is 55.4 Å². The Kier molecular flexibility index (Phi) is 4.37. The smallest absolute Gasteiger partial charge is 0.240 e. The molecule has 4 nitrogen and oxygen atoms in total. The third kappa shape index (κ3) is 3.71. The number of rotatable bonds is 5. The van der Waals surface area contributed by atoms with Gasteiger partial charge in [0.1, 0.15) is 11.6 Å². The number of sulfonamides is 1. The van der Waals surface area contributed by atoms with Crippen LogP contribution in [0.3, 0.4) is 0 Å². The van der Waals surface area contributed by atoms with Crippen LogP contribution in [0.2, 0.25) is 0 Å². The highest BCUT2D eigenvalue weighted by Crippen LogP contribution is 2.26. The molecule has 23 heavy (non-hydrogen) atoms. The minimum absolute atomic E-state index is 0.0631. The van der Waals surface area contributed by atoms with Crippen molar-refractivity contribution in [3.8, 4) is 5.75 Å². The summed E-state index contributed by atoms with van der Waals surface area (Å²) in [7, 11) is -3.65. The zero-order valence-electron chi connectivity index (χ0n) is 12.8. The van der Waals surface area contributed by atoms with Gasteiger partial charge in [-0.15, -0.1) is 0 Å². The lowest BCUT2D eigenvalue weighted by molar-refractivity contribution is 0.357. The maximum Gasteiger partial charge on any atom is 0.240 e. The van der Waals surface area contributed by atoms with Crippen LogP contribution in [0.15, 0.2) is 47.4 Å².